The number of benzene rings is 2. The third-order valence-corrected chi connectivity index (χ3v) is 3.77. The molecular formula is C18H20N2O2. The molecule has 1 aliphatic rings. The number of anilines is 2. The van der Waals surface area contributed by atoms with Crippen LogP contribution < -0.4 is 15.4 Å². The van der Waals surface area contributed by atoms with Crippen LogP contribution >= 0.6 is 0 Å². The molecule has 4 heteroatoms. The van der Waals surface area contributed by atoms with Crippen molar-refractivity contribution in [3.63, 3.8) is 0 Å². The van der Waals surface area contributed by atoms with E-state index in [0.29, 0.717) is 12.2 Å². The molecule has 4 nitrogen and oxygen atoms in total. The Morgan fingerprint density at radius 3 is 2.82 bits per heavy atom. The third kappa shape index (κ3) is 3.06. The lowest BCUT2D eigenvalue weighted by atomic mass is 10.0. The van der Waals surface area contributed by atoms with Gasteiger partial charge in [-0.3, -0.25) is 4.79 Å². The van der Waals surface area contributed by atoms with E-state index >= 15 is 0 Å². The van der Waals surface area contributed by atoms with E-state index in [9.17, 15) is 4.79 Å². The molecule has 0 bridgehead atoms. The Morgan fingerprint density at radius 2 is 2.05 bits per heavy atom. The van der Waals surface area contributed by atoms with Crippen molar-refractivity contribution in [2.24, 2.45) is 0 Å². The number of rotatable bonds is 4. The molecule has 1 aliphatic heterocycles. The Bertz CT molecular complexity index is 665. The van der Waals surface area contributed by atoms with Crippen LogP contribution in [0.1, 0.15) is 29.3 Å². The largest absolute Gasteiger partial charge is 0.494 e. The van der Waals surface area contributed by atoms with E-state index in [1.165, 1.54) is 5.56 Å². The minimum Gasteiger partial charge on any atom is -0.494 e. The molecule has 2 N–H and O–H groups in total. The highest BCUT2D eigenvalue weighted by Gasteiger charge is 2.14. The van der Waals surface area contributed by atoms with Gasteiger partial charge in [-0.05, 0) is 61.7 Å². The van der Waals surface area contributed by atoms with Crippen molar-refractivity contribution in [2.75, 3.05) is 23.8 Å². The second-order valence-electron chi connectivity index (χ2n) is 5.27. The van der Waals surface area contributed by atoms with Gasteiger partial charge in [0, 0.05) is 23.5 Å². The van der Waals surface area contributed by atoms with Crippen LogP contribution in [0.4, 0.5) is 11.4 Å². The first kappa shape index (κ1) is 14.4. The summed E-state index contributed by atoms with van der Waals surface area (Å²) in [5.41, 5.74) is 3.83. The molecular weight excluding hydrogens is 276 g/mol. The summed E-state index contributed by atoms with van der Waals surface area (Å²) in [6.45, 7) is 3.55. The number of amides is 1. The van der Waals surface area contributed by atoms with Crippen molar-refractivity contribution in [2.45, 2.75) is 19.8 Å². The minimum atomic E-state index is -0.0954. The number of nitrogens with one attached hydrogen (secondary N) is 2. The zero-order valence-corrected chi connectivity index (χ0v) is 12.7. The maximum absolute atomic E-state index is 12.4. The molecule has 0 atom stereocenters. The van der Waals surface area contributed by atoms with Gasteiger partial charge in [0.15, 0.2) is 0 Å². The number of fused-ring (bicyclic) bond motifs is 1. The Morgan fingerprint density at radius 1 is 1.23 bits per heavy atom. The highest BCUT2D eigenvalue weighted by molar-refractivity contribution is 6.05. The van der Waals surface area contributed by atoms with Gasteiger partial charge in [0.05, 0.1) is 6.61 Å². The Kier molecular flexibility index (Phi) is 4.28. The Balaban J connectivity index is 1.77. The first-order chi connectivity index (χ1) is 10.8. The second kappa shape index (κ2) is 6.52. The topological polar surface area (TPSA) is 50.4 Å². The van der Waals surface area contributed by atoms with Gasteiger partial charge in [-0.25, -0.2) is 0 Å². The molecule has 2 aromatic rings. The van der Waals surface area contributed by atoms with Gasteiger partial charge < -0.3 is 15.4 Å². The molecule has 2 aromatic carbocycles. The van der Waals surface area contributed by atoms with Gasteiger partial charge in [-0.2, -0.15) is 0 Å². The molecule has 1 heterocycles. The molecule has 114 valence electrons. The normalized spacial score (nSPS) is 13.0. The van der Waals surface area contributed by atoms with E-state index < -0.39 is 0 Å². The number of ether oxygens (including phenoxy) is 1. The summed E-state index contributed by atoms with van der Waals surface area (Å²) in [6.07, 6.45) is 2.07. The molecule has 1 amide bonds. The van der Waals surface area contributed by atoms with E-state index in [-0.39, 0.29) is 5.91 Å². The highest BCUT2D eigenvalue weighted by atomic mass is 16.5. The zero-order chi connectivity index (χ0) is 15.4. The molecule has 0 aromatic heterocycles. The van der Waals surface area contributed by atoms with Crippen molar-refractivity contribution in [1.29, 1.82) is 0 Å². The van der Waals surface area contributed by atoms with Crippen molar-refractivity contribution in [1.82, 2.24) is 0 Å². The quantitative estimate of drug-likeness (QED) is 0.904. The van der Waals surface area contributed by atoms with Gasteiger partial charge in [0.25, 0.3) is 5.91 Å². The van der Waals surface area contributed by atoms with Crippen molar-refractivity contribution in [3.8, 4) is 5.75 Å². The lowest BCUT2D eigenvalue weighted by Crippen LogP contribution is -2.17. The van der Waals surface area contributed by atoms with Crippen LogP contribution in [0.2, 0.25) is 0 Å². The summed E-state index contributed by atoms with van der Waals surface area (Å²) >= 11 is 0. The minimum absolute atomic E-state index is 0.0954. The predicted molar refractivity (Wildman–Crippen MR) is 88.8 cm³/mol. The summed E-state index contributed by atoms with van der Waals surface area (Å²) in [6, 6.07) is 13.2. The molecule has 0 radical (unpaired) electrons. The van der Waals surface area contributed by atoms with Gasteiger partial charge in [0.2, 0.25) is 0 Å². The number of hydrogen-bond donors (Lipinski definition) is 2. The maximum Gasteiger partial charge on any atom is 0.255 e. The molecule has 0 aliphatic carbocycles. The Hall–Kier alpha value is -2.49. The molecule has 0 spiro atoms. The van der Waals surface area contributed by atoms with E-state index in [0.717, 1.165) is 36.5 Å². The lowest BCUT2D eigenvalue weighted by molar-refractivity contribution is 0.102. The van der Waals surface area contributed by atoms with Gasteiger partial charge >= 0.3 is 0 Å². The van der Waals surface area contributed by atoms with Crippen LogP contribution in [0.25, 0.3) is 0 Å². The average Bonchev–Trinajstić information content (AvgIpc) is 2.56. The SMILES string of the molecule is CCOc1ccc(C(=O)Nc2cccc3c2CCCN3)cc1. The fourth-order valence-electron chi connectivity index (χ4n) is 2.69. The standard InChI is InChI=1S/C18H20N2O2/c1-2-22-14-10-8-13(9-11-14)18(21)20-17-7-3-6-16-15(17)5-4-12-19-16/h3,6-11,19H,2,4-5,12H2,1H3,(H,20,21). The van der Waals surface area contributed by atoms with Crippen molar-refractivity contribution in [3.05, 3.63) is 53.6 Å². The molecule has 3 rings (SSSR count). The fourth-order valence-corrected chi connectivity index (χ4v) is 2.69. The summed E-state index contributed by atoms with van der Waals surface area (Å²) < 4.78 is 5.39. The van der Waals surface area contributed by atoms with Crippen LogP contribution in [-0.4, -0.2) is 19.1 Å². The third-order valence-electron chi connectivity index (χ3n) is 3.77. The second-order valence-corrected chi connectivity index (χ2v) is 5.27. The van der Waals surface area contributed by atoms with E-state index in [4.69, 9.17) is 4.74 Å². The lowest BCUT2D eigenvalue weighted by Gasteiger charge is -2.21. The maximum atomic E-state index is 12.4. The van der Waals surface area contributed by atoms with Gasteiger partial charge in [-0.15, -0.1) is 0 Å². The van der Waals surface area contributed by atoms with E-state index in [2.05, 4.69) is 16.7 Å². The van der Waals surface area contributed by atoms with Crippen LogP contribution in [0.5, 0.6) is 5.75 Å². The smallest absolute Gasteiger partial charge is 0.255 e. The van der Waals surface area contributed by atoms with Crippen LogP contribution in [0.15, 0.2) is 42.5 Å². The monoisotopic (exact) mass is 296 g/mol. The van der Waals surface area contributed by atoms with Crippen LogP contribution in [0, 0.1) is 0 Å². The summed E-state index contributed by atoms with van der Waals surface area (Å²) in [5, 5.41) is 6.39. The number of hydrogen-bond acceptors (Lipinski definition) is 3. The summed E-state index contributed by atoms with van der Waals surface area (Å²) in [7, 11) is 0. The number of carbonyl (C=O) groups is 1. The number of carbonyl (C=O) groups excluding carboxylic acids is 1. The van der Waals surface area contributed by atoms with Gasteiger partial charge in [0.1, 0.15) is 5.75 Å². The summed E-state index contributed by atoms with van der Waals surface area (Å²) in [4.78, 5) is 12.4. The van der Waals surface area contributed by atoms with E-state index in [1.54, 1.807) is 12.1 Å². The molecule has 22 heavy (non-hydrogen) atoms. The zero-order valence-electron chi connectivity index (χ0n) is 12.7. The highest BCUT2D eigenvalue weighted by Crippen LogP contribution is 2.29. The predicted octanol–water partition coefficient (Wildman–Crippen LogP) is 3.70. The fraction of sp³-hybridized carbons (Fsp3) is 0.278. The van der Waals surface area contributed by atoms with E-state index in [1.807, 2.05) is 31.2 Å². The molecule has 0 saturated heterocycles. The van der Waals surface area contributed by atoms with Crippen molar-refractivity contribution < 1.29 is 9.53 Å². The summed E-state index contributed by atoms with van der Waals surface area (Å²) in [5.74, 6) is 0.683. The molecule has 0 unspecified atom stereocenters. The first-order valence-corrected chi connectivity index (χ1v) is 7.68. The molecule has 0 fully saturated rings. The van der Waals surface area contributed by atoms with Crippen molar-refractivity contribution >= 4 is 17.3 Å². The van der Waals surface area contributed by atoms with Gasteiger partial charge in [-0.1, -0.05) is 6.07 Å². The first-order valence-electron chi connectivity index (χ1n) is 7.68. The average molecular weight is 296 g/mol. The molecule has 0 saturated carbocycles. The van der Waals surface area contributed by atoms with Crippen LogP contribution in [-0.2, 0) is 6.42 Å². The Labute approximate surface area is 130 Å². The van der Waals surface area contributed by atoms with Crippen LogP contribution in [0.3, 0.4) is 0 Å².